The predicted molar refractivity (Wildman–Crippen MR) is 108 cm³/mol. The zero-order chi connectivity index (χ0) is 19.4. The van der Waals surface area contributed by atoms with Crippen LogP contribution in [0, 0.1) is 11.3 Å². The summed E-state index contributed by atoms with van der Waals surface area (Å²) >= 11 is 0. The van der Waals surface area contributed by atoms with E-state index in [1.165, 1.54) is 5.56 Å². The van der Waals surface area contributed by atoms with Crippen LogP contribution in [0.1, 0.15) is 64.0 Å². The molecule has 1 amide bonds. The normalized spacial score (nSPS) is 34.8. The highest BCUT2D eigenvalue weighted by Crippen LogP contribution is 2.57. The highest BCUT2D eigenvalue weighted by molar-refractivity contribution is 5.80. The molecule has 2 N–H and O–H groups in total. The number of piperidine rings is 1. The zero-order valence-corrected chi connectivity index (χ0v) is 17.2. The molecule has 2 atom stereocenters. The first kappa shape index (κ1) is 18.8. The number of nitrogens with zero attached hydrogens (tertiary/aromatic N) is 1. The Labute approximate surface area is 163 Å². The van der Waals surface area contributed by atoms with Crippen molar-refractivity contribution in [2.45, 2.75) is 76.8 Å². The number of likely N-dealkylation sites (tertiary alicyclic amines) is 1. The number of fused-ring (bicyclic) bond motifs is 4. The maximum Gasteiger partial charge on any atom is 0.225 e. The zero-order valence-electron chi connectivity index (χ0n) is 17.2. The second kappa shape index (κ2) is 6.51. The third kappa shape index (κ3) is 2.71. The van der Waals surface area contributed by atoms with E-state index >= 15 is 0 Å². The summed E-state index contributed by atoms with van der Waals surface area (Å²) in [5.41, 5.74) is 2.32. The molecule has 4 nitrogen and oxygen atoms in total. The number of hydrogen-bond acceptors (Lipinski definition) is 3. The van der Waals surface area contributed by atoms with Gasteiger partial charge in [0.05, 0.1) is 0 Å². The Morgan fingerprint density at radius 3 is 2.56 bits per heavy atom. The Balaban J connectivity index is 1.64. The van der Waals surface area contributed by atoms with Gasteiger partial charge in [0.15, 0.2) is 0 Å². The number of nitrogens with one attached hydrogen (secondary N) is 1. The van der Waals surface area contributed by atoms with Gasteiger partial charge < -0.3 is 15.3 Å². The van der Waals surface area contributed by atoms with Crippen LogP contribution in [-0.2, 0) is 16.6 Å². The van der Waals surface area contributed by atoms with Crippen LogP contribution in [0.3, 0.4) is 0 Å². The molecule has 1 heterocycles. The van der Waals surface area contributed by atoms with Gasteiger partial charge in [0.1, 0.15) is 5.75 Å². The summed E-state index contributed by atoms with van der Waals surface area (Å²) in [5.74, 6) is 0.909. The molecule has 1 saturated carbocycles. The lowest BCUT2D eigenvalue weighted by molar-refractivity contribution is -0.149. The minimum absolute atomic E-state index is 0.00936. The van der Waals surface area contributed by atoms with Gasteiger partial charge in [0.2, 0.25) is 5.91 Å². The van der Waals surface area contributed by atoms with Crippen molar-refractivity contribution in [1.82, 2.24) is 10.2 Å². The second-order valence-corrected chi connectivity index (χ2v) is 9.70. The fraction of sp³-hybridized carbons (Fsp3) is 0.696. The quantitative estimate of drug-likeness (QED) is 0.836. The first-order valence-electron chi connectivity index (χ1n) is 10.6. The summed E-state index contributed by atoms with van der Waals surface area (Å²) in [6.07, 6.45) is 5.90. The summed E-state index contributed by atoms with van der Waals surface area (Å²) in [7, 11) is 2.02. The standard InChI is InChI=1S/C23H34N2O2/c1-22(2)20-14-17-18(6-5-7-19(17)26)23(22,3)12-13-25(20)21(27)15-8-10-16(24-4)11-9-15/h5-7,15-16,20,24,26H,8-14H2,1-4H3/t15-,16+,20-,23+/m1/s1. The van der Waals surface area contributed by atoms with E-state index in [1.54, 1.807) is 6.07 Å². The van der Waals surface area contributed by atoms with Crippen molar-refractivity contribution in [2.24, 2.45) is 11.3 Å². The Kier molecular flexibility index (Phi) is 4.53. The SMILES string of the molecule is CN[C@H]1CC[C@@H](C(=O)N2CC[C@@]3(C)c4cccc(O)c4C[C@@H]2C3(C)C)CC1. The largest absolute Gasteiger partial charge is 0.508 e. The fourth-order valence-corrected chi connectivity index (χ4v) is 6.05. The topological polar surface area (TPSA) is 52.6 Å². The van der Waals surface area contributed by atoms with Gasteiger partial charge in [-0.2, -0.15) is 0 Å². The van der Waals surface area contributed by atoms with Crippen LogP contribution >= 0.6 is 0 Å². The van der Waals surface area contributed by atoms with Gasteiger partial charge in [-0.25, -0.2) is 0 Å². The van der Waals surface area contributed by atoms with Crippen LogP contribution in [-0.4, -0.2) is 41.6 Å². The van der Waals surface area contributed by atoms with E-state index in [0.29, 0.717) is 17.7 Å². The number of phenolic OH excluding ortho intramolecular Hbond substituents is 1. The van der Waals surface area contributed by atoms with Crippen LogP contribution in [0.25, 0.3) is 0 Å². The lowest BCUT2D eigenvalue weighted by Gasteiger charge is -2.61. The molecular formula is C23H34N2O2. The second-order valence-electron chi connectivity index (χ2n) is 9.70. The maximum absolute atomic E-state index is 13.5. The van der Waals surface area contributed by atoms with Gasteiger partial charge in [-0.3, -0.25) is 4.79 Å². The molecule has 0 radical (unpaired) electrons. The molecule has 1 saturated heterocycles. The number of amides is 1. The van der Waals surface area contributed by atoms with Crippen LogP contribution in [0.4, 0.5) is 0 Å². The molecule has 2 aliphatic carbocycles. The molecule has 27 heavy (non-hydrogen) atoms. The molecule has 0 aromatic heterocycles. The molecule has 4 rings (SSSR count). The van der Waals surface area contributed by atoms with Crippen molar-refractivity contribution >= 4 is 5.91 Å². The van der Waals surface area contributed by atoms with Crippen molar-refractivity contribution < 1.29 is 9.90 Å². The van der Waals surface area contributed by atoms with Crippen LogP contribution in [0.2, 0.25) is 0 Å². The molecule has 148 valence electrons. The summed E-state index contributed by atoms with van der Waals surface area (Å²) in [5, 5.41) is 13.9. The molecule has 4 heteroatoms. The van der Waals surface area contributed by atoms with E-state index < -0.39 is 0 Å². The summed E-state index contributed by atoms with van der Waals surface area (Å²) < 4.78 is 0. The van der Waals surface area contributed by atoms with E-state index in [4.69, 9.17) is 0 Å². The number of rotatable bonds is 2. The molecule has 3 aliphatic rings. The van der Waals surface area contributed by atoms with Crippen LogP contribution in [0.15, 0.2) is 18.2 Å². The molecule has 0 unspecified atom stereocenters. The van der Waals surface area contributed by atoms with Crippen molar-refractivity contribution in [3.05, 3.63) is 29.3 Å². The first-order valence-corrected chi connectivity index (χ1v) is 10.6. The molecule has 1 aromatic rings. The van der Waals surface area contributed by atoms with E-state index in [2.05, 4.69) is 37.1 Å². The van der Waals surface area contributed by atoms with Gasteiger partial charge in [-0.05, 0) is 68.2 Å². The highest BCUT2D eigenvalue weighted by Gasteiger charge is 2.57. The molecular weight excluding hydrogens is 336 g/mol. The Morgan fingerprint density at radius 1 is 1.19 bits per heavy atom. The Morgan fingerprint density at radius 2 is 1.89 bits per heavy atom. The molecule has 1 aromatic carbocycles. The van der Waals surface area contributed by atoms with Crippen molar-refractivity contribution in [2.75, 3.05) is 13.6 Å². The minimum atomic E-state index is -0.0100. The van der Waals surface area contributed by atoms with E-state index in [-0.39, 0.29) is 22.8 Å². The first-order chi connectivity index (χ1) is 12.8. The van der Waals surface area contributed by atoms with Crippen LogP contribution in [0.5, 0.6) is 5.75 Å². The van der Waals surface area contributed by atoms with Gasteiger partial charge in [-0.15, -0.1) is 0 Å². The third-order valence-corrected chi connectivity index (χ3v) is 8.40. The minimum Gasteiger partial charge on any atom is -0.508 e. The van der Waals surface area contributed by atoms with E-state index in [1.807, 2.05) is 13.1 Å². The summed E-state index contributed by atoms with van der Waals surface area (Å²) in [6.45, 7) is 7.81. The maximum atomic E-state index is 13.5. The number of phenols is 1. The number of aromatic hydroxyl groups is 1. The Bertz CT molecular complexity index is 736. The number of carbonyl (C=O) groups excluding carboxylic acids is 1. The monoisotopic (exact) mass is 370 g/mol. The third-order valence-electron chi connectivity index (χ3n) is 8.40. The van der Waals surface area contributed by atoms with Gasteiger partial charge in [0, 0.05) is 30.0 Å². The lowest BCUT2D eigenvalue weighted by atomic mass is 9.51. The number of benzene rings is 1. The van der Waals surface area contributed by atoms with Gasteiger partial charge >= 0.3 is 0 Å². The summed E-state index contributed by atoms with van der Waals surface area (Å²) in [6, 6.07) is 6.67. The molecule has 2 bridgehead atoms. The van der Waals surface area contributed by atoms with Crippen LogP contribution < -0.4 is 5.32 Å². The molecule has 2 fully saturated rings. The number of carbonyl (C=O) groups is 1. The highest BCUT2D eigenvalue weighted by atomic mass is 16.3. The lowest BCUT2D eigenvalue weighted by Crippen LogP contribution is -2.65. The van der Waals surface area contributed by atoms with Crippen molar-refractivity contribution in [1.29, 1.82) is 0 Å². The number of hydrogen-bond donors (Lipinski definition) is 2. The van der Waals surface area contributed by atoms with E-state index in [0.717, 1.165) is 50.6 Å². The molecule has 0 spiro atoms. The van der Waals surface area contributed by atoms with Crippen molar-refractivity contribution in [3.63, 3.8) is 0 Å². The van der Waals surface area contributed by atoms with E-state index in [9.17, 15) is 9.90 Å². The van der Waals surface area contributed by atoms with Crippen molar-refractivity contribution in [3.8, 4) is 5.75 Å². The Hall–Kier alpha value is -1.55. The van der Waals surface area contributed by atoms with Gasteiger partial charge in [-0.1, -0.05) is 32.9 Å². The average Bonchev–Trinajstić information content (AvgIpc) is 2.65. The van der Waals surface area contributed by atoms with Gasteiger partial charge in [0.25, 0.3) is 0 Å². The summed E-state index contributed by atoms with van der Waals surface area (Å²) in [4.78, 5) is 15.7. The fourth-order valence-electron chi connectivity index (χ4n) is 6.05. The average molecular weight is 371 g/mol. The smallest absolute Gasteiger partial charge is 0.225 e. The predicted octanol–water partition coefficient (Wildman–Crippen LogP) is 3.61. The molecule has 1 aliphatic heterocycles.